The van der Waals surface area contributed by atoms with Crippen LogP contribution in [0.15, 0.2) is 170 Å². The Morgan fingerprint density at radius 1 is 0.743 bits per heavy atom. The van der Waals surface area contributed by atoms with Gasteiger partial charge >= 0.3 is 11.9 Å². The van der Waals surface area contributed by atoms with Gasteiger partial charge in [-0.15, -0.1) is 0 Å². The van der Waals surface area contributed by atoms with E-state index in [2.05, 4.69) is 105 Å². The molecule has 0 radical (unpaired) electrons. The molecule has 2 N–H and O–H groups in total. The largest absolute Gasteiger partial charge is 0.477 e. The molecule has 3 heterocycles. The number of hydrogen-bond donors (Lipinski definition) is 2. The predicted octanol–water partition coefficient (Wildman–Crippen LogP) is 11.7. The SMILES string of the molecule is CC1C=C(/C=C/c2ccc(N3c4ccc(/C=C5\C(=O)N(c6ccccc6)N=C5C(=O)O)cc4C4CCCC43)cc2)C=CC1N1c2ccc(/C=C(/C(=O)O)S(=O)(=O)c3ccc(Br)cc3)cc2C2CCCC21. The number of amides is 1. The molecule has 3 aliphatic heterocycles. The molecule has 6 unspecified atom stereocenters. The van der Waals surface area contributed by atoms with E-state index in [0.717, 1.165) is 82.9 Å². The molecule has 70 heavy (non-hydrogen) atoms. The molecule has 0 spiro atoms. The highest BCUT2D eigenvalue weighted by atomic mass is 79.9. The molecule has 0 saturated heterocycles. The molecule has 6 aliphatic rings. The molecule has 13 heteroatoms. The van der Waals surface area contributed by atoms with Gasteiger partial charge in [0.05, 0.1) is 22.2 Å². The minimum absolute atomic E-state index is 0.0572. The summed E-state index contributed by atoms with van der Waals surface area (Å²) in [5, 5.41) is 25.4. The number of aliphatic carboxylic acids is 2. The van der Waals surface area contributed by atoms with Gasteiger partial charge in [0.15, 0.2) is 10.6 Å². The second kappa shape index (κ2) is 18.0. The lowest BCUT2D eigenvalue weighted by molar-refractivity contribution is -0.132. The van der Waals surface area contributed by atoms with Crippen LogP contribution in [0.5, 0.6) is 0 Å². The maximum Gasteiger partial charge on any atom is 0.357 e. The molecular formula is C57H49BrN4O7S. The molecule has 0 bridgehead atoms. The summed E-state index contributed by atoms with van der Waals surface area (Å²) in [5.41, 5.74) is 9.55. The number of rotatable bonds is 11. The van der Waals surface area contributed by atoms with Gasteiger partial charge in [-0.25, -0.2) is 18.0 Å². The highest BCUT2D eigenvalue weighted by molar-refractivity contribution is 9.10. The van der Waals surface area contributed by atoms with Crippen molar-refractivity contribution in [1.29, 1.82) is 0 Å². The Kier molecular flexibility index (Phi) is 11.7. The van der Waals surface area contributed by atoms with Gasteiger partial charge in [-0.2, -0.15) is 10.1 Å². The Morgan fingerprint density at radius 2 is 1.40 bits per heavy atom. The summed E-state index contributed by atoms with van der Waals surface area (Å²) < 4.78 is 27.7. The van der Waals surface area contributed by atoms with E-state index in [1.165, 1.54) is 23.8 Å². The Labute approximate surface area is 415 Å². The fraction of sp³-hybridized carbons (Fsp3) is 0.228. The molecule has 11 nitrogen and oxygen atoms in total. The van der Waals surface area contributed by atoms with E-state index in [4.69, 9.17) is 0 Å². The van der Waals surface area contributed by atoms with E-state index in [1.54, 1.807) is 42.5 Å². The number of benzene rings is 5. The lowest BCUT2D eigenvalue weighted by Gasteiger charge is -2.38. The molecular weight excluding hydrogens is 965 g/mol. The molecule has 5 aromatic rings. The number of carbonyl (C=O) groups excluding carboxylic acids is 1. The zero-order valence-corrected chi connectivity index (χ0v) is 40.6. The average molecular weight is 1010 g/mol. The van der Waals surface area contributed by atoms with Crippen LogP contribution in [0.2, 0.25) is 0 Å². The summed E-state index contributed by atoms with van der Waals surface area (Å²) in [7, 11) is -4.26. The molecule has 3 aliphatic carbocycles. The number of nitrogens with zero attached hydrogens (tertiary/aromatic N) is 4. The summed E-state index contributed by atoms with van der Waals surface area (Å²) in [6, 6.07) is 36.3. The van der Waals surface area contributed by atoms with Crippen LogP contribution in [-0.2, 0) is 24.2 Å². The number of carbonyl (C=O) groups is 3. The van der Waals surface area contributed by atoms with Crippen LogP contribution in [0.3, 0.4) is 0 Å². The first-order chi connectivity index (χ1) is 33.8. The minimum atomic E-state index is -4.26. The number of anilines is 4. The fourth-order valence-corrected chi connectivity index (χ4v) is 13.2. The van der Waals surface area contributed by atoms with Crippen molar-refractivity contribution in [2.45, 2.75) is 80.3 Å². The van der Waals surface area contributed by atoms with E-state index in [-0.39, 0.29) is 34.1 Å². The molecule has 6 atom stereocenters. The smallest absolute Gasteiger partial charge is 0.357 e. The number of carboxylic acid groups (broad SMARTS) is 2. The van der Waals surface area contributed by atoms with Crippen LogP contribution in [0.25, 0.3) is 18.2 Å². The summed E-state index contributed by atoms with van der Waals surface area (Å²) >= 11 is 3.32. The monoisotopic (exact) mass is 1010 g/mol. The number of allylic oxidation sites excluding steroid dienone is 3. The van der Waals surface area contributed by atoms with Gasteiger partial charge in [0, 0.05) is 45.5 Å². The molecule has 11 rings (SSSR count). The molecule has 1 amide bonds. The Bertz CT molecular complexity index is 3290. The molecule has 0 aromatic heterocycles. The van der Waals surface area contributed by atoms with Crippen molar-refractivity contribution < 1.29 is 33.0 Å². The third-order valence-electron chi connectivity index (χ3n) is 14.8. The summed E-state index contributed by atoms with van der Waals surface area (Å²) in [4.78, 5) is 42.4. The van der Waals surface area contributed by atoms with Crippen LogP contribution >= 0.6 is 15.9 Å². The molecule has 352 valence electrons. The first-order valence-corrected chi connectivity index (χ1v) is 26.0. The number of carboxylic acids is 2. The second-order valence-electron chi connectivity index (χ2n) is 19.0. The van der Waals surface area contributed by atoms with Gasteiger partial charge in [0.2, 0.25) is 9.84 Å². The third kappa shape index (κ3) is 8.04. The van der Waals surface area contributed by atoms with Crippen LogP contribution in [0, 0.1) is 5.92 Å². The van der Waals surface area contributed by atoms with Crippen LogP contribution in [0.4, 0.5) is 22.7 Å². The van der Waals surface area contributed by atoms with Crippen molar-refractivity contribution in [2.24, 2.45) is 11.0 Å². The lowest BCUT2D eigenvalue weighted by Crippen LogP contribution is -2.43. The quantitative estimate of drug-likeness (QED) is 0.123. The zero-order chi connectivity index (χ0) is 48.4. The molecule has 2 saturated carbocycles. The Morgan fingerprint density at radius 3 is 2.11 bits per heavy atom. The van der Waals surface area contributed by atoms with Crippen molar-refractivity contribution in [3.8, 4) is 0 Å². The molecule has 5 aromatic carbocycles. The Hall–Kier alpha value is -7.09. The first-order valence-electron chi connectivity index (χ1n) is 23.8. The van der Waals surface area contributed by atoms with Gasteiger partial charge in [0.1, 0.15) is 0 Å². The highest BCUT2D eigenvalue weighted by Gasteiger charge is 2.46. The number of fused-ring (bicyclic) bond motifs is 6. The van der Waals surface area contributed by atoms with E-state index in [1.807, 2.05) is 30.3 Å². The lowest BCUT2D eigenvalue weighted by atomic mass is 9.90. The van der Waals surface area contributed by atoms with Crippen LogP contribution in [-0.4, -0.2) is 60.3 Å². The third-order valence-corrected chi connectivity index (χ3v) is 17.1. The number of hydrazone groups is 1. The predicted molar refractivity (Wildman–Crippen MR) is 278 cm³/mol. The minimum Gasteiger partial charge on any atom is -0.477 e. The van der Waals surface area contributed by atoms with E-state index >= 15 is 0 Å². The number of para-hydroxylation sites is 1. The summed E-state index contributed by atoms with van der Waals surface area (Å²) in [5.74, 6) is -2.40. The van der Waals surface area contributed by atoms with E-state index in [0.29, 0.717) is 33.7 Å². The van der Waals surface area contributed by atoms with Crippen molar-refractivity contribution in [1.82, 2.24) is 0 Å². The van der Waals surface area contributed by atoms with Gasteiger partial charge in [-0.3, -0.25) is 4.79 Å². The summed E-state index contributed by atoms with van der Waals surface area (Å²) in [6.45, 7) is 2.25. The highest BCUT2D eigenvalue weighted by Crippen LogP contribution is 2.54. The normalized spacial score (nSPS) is 24.3. The van der Waals surface area contributed by atoms with Gasteiger partial charge in [-0.05, 0) is 150 Å². The zero-order valence-electron chi connectivity index (χ0n) is 38.2. The standard InChI is InChI=1S/C57H49BrN4O7S/c1-34-29-36(17-26-48(34)61-50-12-6-10-44(50)46-31-38(19-28-52(46)61)33-53(56(64)65)70(68,69)42-24-20-39(58)21-25-42)14-13-35-15-22-40(23-16-35)60-49-11-5-9-43(49)45-30-37(18-27-51(45)60)32-47-54(57(66)67)59-62(55(47)63)41-7-3-2-4-8-41/h2-4,7-8,13-34,43-44,48-50H,5-6,9-12H2,1H3,(H,64,65)(H,66,67)/b14-13+,47-32-,53-33-. The van der Waals surface area contributed by atoms with Crippen LogP contribution < -0.4 is 14.8 Å². The van der Waals surface area contributed by atoms with Crippen LogP contribution in [0.1, 0.15) is 85.1 Å². The van der Waals surface area contributed by atoms with Gasteiger partial charge in [0.25, 0.3) is 5.91 Å². The number of sulfone groups is 1. The van der Waals surface area contributed by atoms with Gasteiger partial charge in [-0.1, -0.05) is 109 Å². The fourth-order valence-electron chi connectivity index (χ4n) is 11.7. The van der Waals surface area contributed by atoms with Crippen molar-refractivity contribution in [2.75, 3.05) is 14.8 Å². The average Bonchev–Trinajstić information content (AvgIpc) is 4.19. The van der Waals surface area contributed by atoms with E-state index in [9.17, 15) is 33.0 Å². The van der Waals surface area contributed by atoms with Crippen molar-refractivity contribution in [3.63, 3.8) is 0 Å². The maximum atomic E-state index is 13.5. The topological polar surface area (TPSA) is 148 Å². The number of halogens is 1. The van der Waals surface area contributed by atoms with E-state index < -0.39 is 32.6 Å². The second-order valence-corrected chi connectivity index (χ2v) is 21.8. The number of hydrogen-bond acceptors (Lipinski definition) is 8. The first kappa shape index (κ1) is 45.4. The Balaban J connectivity index is 0.791. The van der Waals surface area contributed by atoms with Crippen molar-refractivity contribution >= 4 is 90.3 Å². The van der Waals surface area contributed by atoms with Crippen molar-refractivity contribution in [3.05, 3.63) is 188 Å². The maximum absolute atomic E-state index is 13.5. The summed E-state index contributed by atoms with van der Waals surface area (Å²) in [6.07, 6.45) is 20.5. The van der Waals surface area contributed by atoms with Gasteiger partial charge < -0.3 is 20.0 Å². The molecule has 2 fully saturated rings.